The minimum Gasteiger partial charge on any atom is -0.491 e. The molecule has 0 aliphatic heterocycles. The largest absolute Gasteiger partial charge is 0.491 e. The van der Waals surface area contributed by atoms with Gasteiger partial charge in [0, 0.05) is 0 Å². The Morgan fingerprint density at radius 1 is 0.769 bits per heavy atom. The molecule has 0 bridgehead atoms. The molecule has 5 nitrogen and oxygen atoms in total. The zero-order chi connectivity index (χ0) is 28.0. The van der Waals surface area contributed by atoms with Crippen molar-refractivity contribution in [3.05, 3.63) is 83.7 Å². The summed E-state index contributed by atoms with van der Waals surface area (Å²) in [4.78, 5) is 24.7. The number of hydrogen-bond donors (Lipinski definition) is 0. The summed E-state index contributed by atoms with van der Waals surface area (Å²) in [6.45, 7) is 7.12. The van der Waals surface area contributed by atoms with Crippen LogP contribution in [0.4, 0.5) is 4.39 Å². The molecular weight excluding hydrogens is 495 g/mol. The highest BCUT2D eigenvalue weighted by Crippen LogP contribution is 2.27. The van der Waals surface area contributed by atoms with E-state index < -0.39 is 17.8 Å². The molecule has 0 aliphatic rings. The van der Waals surface area contributed by atoms with Gasteiger partial charge in [0.2, 0.25) is 0 Å². The maximum Gasteiger partial charge on any atom is 0.343 e. The normalized spacial score (nSPS) is 11.6. The Hall–Kier alpha value is -3.67. The minimum atomic E-state index is -0.529. The SMILES string of the molecule is CCCCCCCCOc1ccc(-c2ccc(C(=O)Oc3ccc(C(=O)OC[C@@H](C)CC)cc3)cc2)cc1F. The molecule has 6 heteroatoms. The van der Waals surface area contributed by atoms with E-state index in [0.717, 1.165) is 24.8 Å². The van der Waals surface area contributed by atoms with Crippen molar-refractivity contribution in [2.75, 3.05) is 13.2 Å². The van der Waals surface area contributed by atoms with Gasteiger partial charge in [0.1, 0.15) is 5.75 Å². The molecule has 0 saturated carbocycles. The Bertz CT molecular complexity index is 1190. The monoisotopic (exact) mass is 534 g/mol. The highest BCUT2D eigenvalue weighted by atomic mass is 19.1. The third kappa shape index (κ3) is 9.54. The molecule has 208 valence electrons. The van der Waals surface area contributed by atoms with Crippen molar-refractivity contribution in [2.24, 2.45) is 5.92 Å². The summed E-state index contributed by atoms with van der Waals surface area (Å²) in [6.07, 6.45) is 7.83. The Kier molecular flexibility index (Phi) is 12.0. The van der Waals surface area contributed by atoms with Crippen LogP contribution >= 0.6 is 0 Å². The third-order valence-corrected chi connectivity index (χ3v) is 6.64. The van der Waals surface area contributed by atoms with Crippen LogP contribution in [-0.2, 0) is 4.74 Å². The average molecular weight is 535 g/mol. The number of carbonyl (C=O) groups is 2. The number of unbranched alkanes of at least 4 members (excludes halogenated alkanes) is 5. The standard InChI is InChI=1S/C33H39FO5/c1-4-6-7-8-9-10-21-37-31-20-17-28(22-30(31)34)25-11-13-27(14-12-25)33(36)39-29-18-15-26(16-19-29)32(35)38-23-24(3)5-2/h11-20,22,24H,4-10,21,23H2,1-3H3/t24-/m0/s1. The quantitative estimate of drug-likeness (QED) is 0.111. The zero-order valence-corrected chi connectivity index (χ0v) is 23.2. The van der Waals surface area contributed by atoms with Crippen molar-refractivity contribution in [2.45, 2.75) is 65.7 Å². The first kappa shape index (κ1) is 29.9. The fourth-order valence-corrected chi connectivity index (χ4v) is 3.90. The first-order valence-corrected chi connectivity index (χ1v) is 13.9. The van der Waals surface area contributed by atoms with E-state index in [1.807, 2.05) is 19.9 Å². The molecule has 0 amide bonds. The number of carbonyl (C=O) groups excluding carboxylic acids is 2. The molecule has 0 spiro atoms. The molecule has 0 aliphatic carbocycles. The van der Waals surface area contributed by atoms with Gasteiger partial charge in [-0.1, -0.05) is 77.5 Å². The predicted octanol–water partition coefficient (Wildman–Crippen LogP) is 8.65. The lowest BCUT2D eigenvalue weighted by Gasteiger charge is -2.10. The number of hydrogen-bond acceptors (Lipinski definition) is 5. The van der Waals surface area contributed by atoms with Gasteiger partial charge in [0.15, 0.2) is 11.6 Å². The minimum absolute atomic E-state index is 0.252. The lowest BCUT2D eigenvalue weighted by atomic mass is 10.0. The van der Waals surface area contributed by atoms with E-state index in [9.17, 15) is 14.0 Å². The molecule has 39 heavy (non-hydrogen) atoms. The lowest BCUT2D eigenvalue weighted by molar-refractivity contribution is 0.0447. The van der Waals surface area contributed by atoms with Gasteiger partial charge in [-0.2, -0.15) is 0 Å². The number of rotatable bonds is 15. The molecule has 3 aromatic carbocycles. The number of ether oxygens (including phenoxy) is 3. The zero-order valence-electron chi connectivity index (χ0n) is 23.2. The van der Waals surface area contributed by atoms with Crippen LogP contribution in [0.25, 0.3) is 11.1 Å². The van der Waals surface area contributed by atoms with Crippen LogP contribution < -0.4 is 9.47 Å². The van der Waals surface area contributed by atoms with Gasteiger partial charge in [0.05, 0.1) is 24.3 Å². The van der Waals surface area contributed by atoms with E-state index >= 15 is 0 Å². The molecular formula is C33H39FO5. The molecule has 3 rings (SSSR count). The Morgan fingerprint density at radius 3 is 2.05 bits per heavy atom. The van der Waals surface area contributed by atoms with Gasteiger partial charge in [-0.25, -0.2) is 14.0 Å². The van der Waals surface area contributed by atoms with Gasteiger partial charge in [-0.15, -0.1) is 0 Å². The van der Waals surface area contributed by atoms with Crippen LogP contribution in [0.2, 0.25) is 0 Å². The maximum atomic E-state index is 14.6. The van der Waals surface area contributed by atoms with Crippen LogP contribution in [0.3, 0.4) is 0 Å². The first-order valence-electron chi connectivity index (χ1n) is 13.9. The van der Waals surface area contributed by atoms with Crippen molar-refractivity contribution in [1.29, 1.82) is 0 Å². The Balaban J connectivity index is 1.51. The summed E-state index contributed by atoms with van der Waals surface area (Å²) in [5.41, 5.74) is 2.21. The highest BCUT2D eigenvalue weighted by molar-refractivity contribution is 5.92. The Labute approximate surface area is 231 Å². The summed E-state index contributed by atoms with van der Waals surface area (Å²) in [6, 6.07) is 17.9. The number of halogens is 1. The van der Waals surface area contributed by atoms with Crippen molar-refractivity contribution in [1.82, 2.24) is 0 Å². The second-order valence-corrected chi connectivity index (χ2v) is 9.86. The lowest BCUT2D eigenvalue weighted by Crippen LogP contribution is -2.12. The molecule has 0 aromatic heterocycles. The molecule has 0 N–H and O–H groups in total. The summed E-state index contributed by atoms with van der Waals surface area (Å²) < 4.78 is 31.0. The average Bonchev–Trinajstić information content (AvgIpc) is 2.96. The number of benzene rings is 3. The molecule has 0 fully saturated rings. The van der Waals surface area contributed by atoms with Crippen molar-refractivity contribution < 1.29 is 28.2 Å². The van der Waals surface area contributed by atoms with E-state index in [0.29, 0.717) is 41.6 Å². The smallest absolute Gasteiger partial charge is 0.343 e. The number of esters is 2. The van der Waals surface area contributed by atoms with Crippen LogP contribution in [0.1, 0.15) is 86.4 Å². The van der Waals surface area contributed by atoms with Crippen LogP contribution in [0.15, 0.2) is 66.7 Å². The second kappa shape index (κ2) is 15.7. The topological polar surface area (TPSA) is 61.8 Å². The van der Waals surface area contributed by atoms with Crippen LogP contribution in [-0.4, -0.2) is 25.2 Å². The van der Waals surface area contributed by atoms with Gasteiger partial charge < -0.3 is 14.2 Å². The predicted molar refractivity (Wildman–Crippen MR) is 152 cm³/mol. The molecule has 1 atom stereocenters. The third-order valence-electron chi connectivity index (χ3n) is 6.64. The molecule has 3 aromatic rings. The van der Waals surface area contributed by atoms with Gasteiger partial charge in [0.25, 0.3) is 0 Å². The molecule has 0 radical (unpaired) electrons. The van der Waals surface area contributed by atoms with E-state index in [4.69, 9.17) is 14.2 Å². The summed E-state index contributed by atoms with van der Waals surface area (Å²) >= 11 is 0. The first-order chi connectivity index (χ1) is 18.9. The summed E-state index contributed by atoms with van der Waals surface area (Å²) in [5.74, 6) is -0.471. The fourth-order valence-electron chi connectivity index (χ4n) is 3.90. The summed E-state index contributed by atoms with van der Waals surface area (Å²) in [7, 11) is 0. The van der Waals surface area contributed by atoms with Crippen molar-refractivity contribution in [3.8, 4) is 22.6 Å². The maximum absolute atomic E-state index is 14.6. The van der Waals surface area contributed by atoms with Crippen molar-refractivity contribution >= 4 is 11.9 Å². The van der Waals surface area contributed by atoms with Crippen LogP contribution in [0, 0.1) is 11.7 Å². The van der Waals surface area contributed by atoms with E-state index in [1.165, 1.54) is 31.7 Å². The fraction of sp³-hybridized carbons (Fsp3) is 0.394. The summed E-state index contributed by atoms with van der Waals surface area (Å²) in [5, 5.41) is 0. The van der Waals surface area contributed by atoms with Gasteiger partial charge in [-0.05, 0) is 72.0 Å². The van der Waals surface area contributed by atoms with E-state index in [1.54, 1.807) is 54.6 Å². The van der Waals surface area contributed by atoms with Crippen LogP contribution in [0.5, 0.6) is 11.5 Å². The van der Waals surface area contributed by atoms with Gasteiger partial charge >= 0.3 is 11.9 Å². The molecule has 0 saturated heterocycles. The van der Waals surface area contributed by atoms with E-state index in [-0.39, 0.29) is 5.75 Å². The molecule has 0 heterocycles. The van der Waals surface area contributed by atoms with Crippen molar-refractivity contribution in [3.63, 3.8) is 0 Å². The Morgan fingerprint density at radius 2 is 1.38 bits per heavy atom. The van der Waals surface area contributed by atoms with E-state index in [2.05, 4.69) is 6.92 Å². The highest BCUT2D eigenvalue weighted by Gasteiger charge is 2.13. The van der Waals surface area contributed by atoms with Gasteiger partial charge in [-0.3, -0.25) is 0 Å². The molecule has 0 unspecified atom stereocenters. The second-order valence-electron chi connectivity index (χ2n) is 9.86.